The lowest BCUT2D eigenvalue weighted by Crippen LogP contribution is -2.18. The summed E-state index contributed by atoms with van der Waals surface area (Å²) in [4.78, 5) is 2.37. The molecule has 2 atom stereocenters. The molecule has 2 aliphatic rings. The van der Waals surface area contributed by atoms with Crippen molar-refractivity contribution in [2.75, 3.05) is 14.1 Å². The summed E-state index contributed by atoms with van der Waals surface area (Å²) < 4.78 is 1.48. The third-order valence-corrected chi connectivity index (χ3v) is 5.72. The van der Waals surface area contributed by atoms with E-state index >= 15 is 0 Å². The Kier molecular flexibility index (Phi) is 2.49. The van der Waals surface area contributed by atoms with Gasteiger partial charge in [-0.15, -0.1) is 11.3 Å². The highest BCUT2D eigenvalue weighted by Crippen LogP contribution is 2.54. The number of rotatable bonds is 2. The van der Waals surface area contributed by atoms with Gasteiger partial charge in [-0.2, -0.15) is 0 Å². The number of benzene rings is 1. The normalized spacial score (nSPS) is 25.6. The van der Waals surface area contributed by atoms with Crippen molar-refractivity contribution in [3.8, 4) is 0 Å². The van der Waals surface area contributed by atoms with Crippen LogP contribution in [0.25, 0.3) is 15.7 Å². The number of hydrogen-bond acceptors (Lipinski definition) is 2. The second-order valence-corrected chi connectivity index (χ2v) is 6.96. The van der Waals surface area contributed by atoms with E-state index in [2.05, 4.69) is 48.6 Å². The fraction of sp³-hybridized carbons (Fsp3) is 0.412. The second kappa shape index (κ2) is 4.11. The maximum Gasteiger partial charge on any atom is 0.0418 e. The van der Waals surface area contributed by atoms with Crippen molar-refractivity contribution >= 4 is 27.0 Å². The van der Waals surface area contributed by atoms with E-state index in [1.54, 1.807) is 11.3 Å². The molecule has 1 nitrogen and oxygen atoms in total. The van der Waals surface area contributed by atoms with E-state index < -0.39 is 0 Å². The van der Waals surface area contributed by atoms with Crippen molar-refractivity contribution in [1.29, 1.82) is 0 Å². The topological polar surface area (TPSA) is 3.24 Å². The Morgan fingerprint density at radius 3 is 2.79 bits per heavy atom. The zero-order chi connectivity index (χ0) is 13.0. The van der Waals surface area contributed by atoms with Gasteiger partial charge in [0.1, 0.15) is 0 Å². The monoisotopic (exact) mass is 269 g/mol. The second-order valence-electron chi connectivity index (χ2n) is 6.04. The van der Waals surface area contributed by atoms with Gasteiger partial charge < -0.3 is 4.90 Å². The lowest BCUT2D eigenvalue weighted by molar-refractivity contribution is 0.430. The van der Waals surface area contributed by atoms with E-state index in [1.807, 2.05) is 11.3 Å². The first-order valence-corrected chi connectivity index (χ1v) is 8.01. The summed E-state index contributed by atoms with van der Waals surface area (Å²) >= 11 is 1.89. The van der Waals surface area contributed by atoms with Gasteiger partial charge in [0.25, 0.3) is 0 Å². The highest BCUT2D eigenvalue weighted by molar-refractivity contribution is 7.17. The highest BCUT2D eigenvalue weighted by Gasteiger charge is 2.40. The van der Waals surface area contributed by atoms with Gasteiger partial charge in [0, 0.05) is 24.5 Å². The number of thiophene rings is 1. The molecule has 0 radical (unpaired) electrons. The molecule has 4 rings (SSSR count). The Hall–Kier alpha value is -1.28. The smallest absolute Gasteiger partial charge is 0.0418 e. The molecule has 0 aliphatic heterocycles. The molecule has 0 saturated heterocycles. The van der Waals surface area contributed by atoms with Gasteiger partial charge in [0.05, 0.1) is 0 Å². The zero-order valence-electron chi connectivity index (χ0n) is 11.5. The third kappa shape index (κ3) is 1.59. The molecular formula is C17H19NS. The van der Waals surface area contributed by atoms with Gasteiger partial charge in [-0.05, 0) is 59.1 Å². The highest BCUT2D eigenvalue weighted by atomic mass is 32.1. The van der Waals surface area contributed by atoms with Gasteiger partial charge in [-0.1, -0.05) is 18.2 Å². The van der Waals surface area contributed by atoms with E-state index in [0.29, 0.717) is 0 Å². The minimum absolute atomic E-state index is 0.801. The Bertz CT molecular complexity index is 665. The molecule has 1 heterocycles. The molecule has 2 bridgehead atoms. The van der Waals surface area contributed by atoms with E-state index in [-0.39, 0.29) is 0 Å². The summed E-state index contributed by atoms with van der Waals surface area (Å²) in [7, 11) is 4.43. The molecular weight excluding hydrogens is 250 g/mol. The van der Waals surface area contributed by atoms with Crippen molar-refractivity contribution in [3.05, 3.63) is 40.9 Å². The van der Waals surface area contributed by atoms with Crippen LogP contribution in [0.1, 0.15) is 24.8 Å². The van der Waals surface area contributed by atoms with E-state index in [9.17, 15) is 0 Å². The van der Waals surface area contributed by atoms with Gasteiger partial charge in [0.15, 0.2) is 0 Å². The zero-order valence-corrected chi connectivity index (χ0v) is 12.3. The maximum atomic E-state index is 2.37. The quantitative estimate of drug-likeness (QED) is 0.770. The molecule has 2 aliphatic carbocycles. The summed E-state index contributed by atoms with van der Waals surface area (Å²) in [5.41, 5.74) is 4.76. The first-order valence-electron chi connectivity index (χ1n) is 7.13. The molecule has 0 amide bonds. The first kappa shape index (κ1) is 11.5. The van der Waals surface area contributed by atoms with E-state index in [0.717, 1.165) is 11.8 Å². The van der Waals surface area contributed by atoms with Crippen LogP contribution in [0.4, 0.5) is 0 Å². The standard InChI is InChI=1S/C17H19NS/c1-18(2)16-13-7-6-12(10-13)15(16)14-5-3-4-11-8-9-19-17(11)14/h3-5,8-9,12-13H,6-7,10H2,1-2H3. The predicted octanol–water partition coefficient (Wildman–Crippen LogP) is 4.60. The average Bonchev–Trinajstić information content (AvgIpc) is 3.11. The largest absolute Gasteiger partial charge is 0.380 e. The van der Waals surface area contributed by atoms with E-state index in [4.69, 9.17) is 0 Å². The molecule has 98 valence electrons. The first-order chi connectivity index (χ1) is 9.25. The van der Waals surface area contributed by atoms with Crippen LogP contribution >= 0.6 is 11.3 Å². The fourth-order valence-corrected chi connectivity index (χ4v) is 5.02. The molecule has 2 unspecified atom stereocenters. The Labute approximate surface area is 118 Å². The van der Waals surface area contributed by atoms with Crippen LogP contribution in [-0.2, 0) is 0 Å². The molecule has 1 aromatic heterocycles. The lowest BCUT2D eigenvalue weighted by atomic mass is 9.89. The molecule has 0 N–H and O–H groups in total. The van der Waals surface area contributed by atoms with Crippen molar-refractivity contribution in [3.63, 3.8) is 0 Å². The summed E-state index contributed by atoms with van der Waals surface area (Å²) in [6.07, 6.45) is 4.16. The number of allylic oxidation sites excluding steroid dienone is 2. The Balaban J connectivity index is 1.98. The molecule has 1 saturated carbocycles. The van der Waals surface area contributed by atoms with Crippen molar-refractivity contribution in [2.24, 2.45) is 11.8 Å². The number of nitrogens with zero attached hydrogens (tertiary/aromatic N) is 1. The molecule has 1 aromatic carbocycles. The van der Waals surface area contributed by atoms with Gasteiger partial charge in [0.2, 0.25) is 0 Å². The van der Waals surface area contributed by atoms with Crippen LogP contribution in [0.3, 0.4) is 0 Å². The predicted molar refractivity (Wildman–Crippen MR) is 83.3 cm³/mol. The summed E-state index contributed by atoms with van der Waals surface area (Å²) in [6, 6.07) is 9.03. The molecule has 0 spiro atoms. The van der Waals surface area contributed by atoms with Gasteiger partial charge in [-0.3, -0.25) is 0 Å². The van der Waals surface area contributed by atoms with Crippen molar-refractivity contribution < 1.29 is 0 Å². The summed E-state index contributed by atoms with van der Waals surface area (Å²) in [5, 5.41) is 3.62. The average molecular weight is 269 g/mol. The van der Waals surface area contributed by atoms with Crippen LogP contribution in [0, 0.1) is 11.8 Å². The van der Waals surface area contributed by atoms with Crippen molar-refractivity contribution in [2.45, 2.75) is 19.3 Å². The van der Waals surface area contributed by atoms with Crippen molar-refractivity contribution in [1.82, 2.24) is 4.90 Å². The minimum Gasteiger partial charge on any atom is -0.380 e. The SMILES string of the molecule is CN(C)C1=C(c2cccc3ccsc23)C2CCC1C2. The molecule has 19 heavy (non-hydrogen) atoms. The Morgan fingerprint density at radius 2 is 1.95 bits per heavy atom. The van der Waals surface area contributed by atoms with Crippen LogP contribution < -0.4 is 0 Å². The van der Waals surface area contributed by atoms with Crippen LogP contribution in [0.5, 0.6) is 0 Å². The number of hydrogen-bond donors (Lipinski definition) is 0. The fourth-order valence-electron chi connectivity index (χ4n) is 4.09. The van der Waals surface area contributed by atoms with Crippen LogP contribution in [0.2, 0.25) is 0 Å². The minimum atomic E-state index is 0.801. The maximum absolute atomic E-state index is 2.37. The molecule has 2 aromatic rings. The third-order valence-electron chi connectivity index (χ3n) is 4.75. The summed E-state index contributed by atoms with van der Waals surface area (Å²) in [5.74, 6) is 1.61. The van der Waals surface area contributed by atoms with E-state index in [1.165, 1.54) is 34.9 Å². The van der Waals surface area contributed by atoms with Gasteiger partial charge in [-0.25, -0.2) is 0 Å². The lowest BCUT2D eigenvalue weighted by Gasteiger charge is -2.26. The van der Waals surface area contributed by atoms with Crippen LogP contribution in [-0.4, -0.2) is 19.0 Å². The molecule has 1 fully saturated rings. The van der Waals surface area contributed by atoms with Crippen LogP contribution in [0.15, 0.2) is 35.3 Å². The summed E-state index contributed by atoms with van der Waals surface area (Å²) in [6.45, 7) is 0. The van der Waals surface area contributed by atoms with Gasteiger partial charge >= 0.3 is 0 Å². The number of fused-ring (bicyclic) bond motifs is 3. The molecule has 2 heteroatoms. The Morgan fingerprint density at radius 1 is 1.11 bits per heavy atom.